The molecule has 0 unspecified atom stereocenters. The number of hydrogen-bond acceptors (Lipinski definition) is 4. The first-order valence-corrected chi connectivity index (χ1v) is 7.70. The molecule has 0 atom stereocenters. The van der Waals surface area contributed by atoms with Crippen molar-refractivity contribution in [3.63, 3.8) is 0 Å². The highest BCUT2D eigenvalue weighted by Crippen LogP contribution is 2.19. The number of aryl methyl sites for hydroxylation is 1. The predicted molar refractivity (Wildman–Crippen MR) is 90.1 cm³/mol. The van der Waals surface area contributed by atoms with Gasteiger partial charge in [-0.3, -0.25) is 4.79 Å². The van der Waals surface area contributed by atoms with Crippen molar-refractivity contribution in [3.8, 4) is 0 Å². The van der Waals surface area contributed by atoms with Gasteiger partial charge in [-0.05, 0) is 30.5 Å². The Morgan fingerprint density at radius 2 is 1.83 bits per heavy atom. The number of carboxylic acids is 1. The fourth-order valence-electron chi connectivity index (χ4n) is 2.40. The summed E-state index contributed by atoms with van der Waals surface area (Å²) in [6, 6.07) is 6.49. The Bertz CT molecular complexity index is 755. The summed E-state index contributed by atoms with van der Waals surface area (Å²) in [7, 11) is 1.71. The molecule has 0 saturated heterocycles. The van der Waals surface area contributed by atoms with Gasteiger partial charge in [0.2, 0.25) is 0 Å². The van der Waals surface area contributed by atoms with E-state index >= 15 is 0 Å². The molecule has 1 aromatic carbocycles. The molecule has 1 heterocycles. The molecule has 0 radical (unpaired) electrons. The molecule has 2 rings (SSSR count). The van der Waals surface area contributed by atoms with Crippen LogP contribution in [0.15, 0.2) is 30.5 Å². The third-order valence-corrected chi connectivity index (χ3v) is 3.68. The third-order valence-electron chi connectivity index (χ3n) is 3.68. The van der Waals surface area contributed by atoms with E-state index in [9.17, 15) is 9.59 Å². The molecule has 6 heteroatoms. The van der Waals surface area contributed by atoms with Crippen LogP contribution < -0.4 is 0 Å². The van der Waals surface area contributed by atoms with Crippen molar-refractivity contribution in [1.29, 1.82) is 0 Å². The van der Waals surface area contributed by atoms with Crippen molar-refractivity contribution in [2.24, 2.45) is 0 Å². The zero-order valence-corrected chi connectivity index (χ0v) is 14.3. The van der Waals surface area contributed by atoms with Gasteiger partial charge >= 0.3 is 5.97 Å². The summed E-state index contributed by atoms with van der Waals surface area (Å²) in [6.45, 7) is 6.16. The fraction of sp³-hybridized carbons (Fsp3) is 0.333. The summed E-state index contributed by atoms with van der Waals surface area (Å²) in [5, 5.41) is 8.92. The summed E-state index contributed by atoms with van der Waals surface area (Å²) in [5.74, 6) is -0.360. The van der Waals surface area contributed by atoms with Gasteiger partial charge in [-0.2, -0.15) is 0 Å². The van der Waals surface area contributed by atoms with E-state index in [4.69, 9.17) is 5.11 Å². The maximum absolute atomic E-state index is 12.7. The van der Waals surface area contributed by atoms with Gasteiger partial charge in [0, 0.05) is 19.8 Å². The van der Waals surface area contributed by atoms with Gasteiger partial charge in [0.1, 0.15) is 5.82 Å². The highest BCUT2D eigenvalue weighted by atomic mass is 16.4. The first-order chi connectivity index (χ1) is 11.3. The Labute approximate surface area is 141 Å². The number of nitrogens with zero attached hydrogens (tertiary/aromatic N) is 3. The summed E-state index contributed by atoms with van der Waals surface area (Å²) < 4.78 is 0. The molecule has 0 saturated carbocycles. The van der Waals surface area contributed by atoms with Crippen molar-refractivity contribution in [2.45, 2.75) is 33.2 Å². The molecular formula is C18H21N3O3. The molecule has 0 aliphatic heterocycles. The minimum absolute atomic E-state index is 0.119. The number of aromatic carboxylic acids is 1. The first-order valence-electron chi connectivity index (χ1n) is 7.70. The van der Waals surface area contributed by atoms with Crippen LogP contribution in [0, 0.1) is 6.92 Å². The number of rotatable bonds is 5. The lowest BCUT2D eigenvalue weighted by atomic mass is 10.0. The molecule has 1 amide bonds. The first kappa shape index (κ1) is 17.6. The molecule has 1 aromatic heterocycles. The number of benzene rings is 1. The standard InChI is InChI=1S/C18H21N3O3/c1-11(2)16-15(9-19-12(3)20-16)17(22)21(4)10-13-5-7-14(8-6-13)18(23)24/h5-9,11H,10H2,1-4H3,(H,23,24). The number of hydrogen-bond donors (Lipinski definition) is 1. The summed E-state index contributed by atoms with van der Waals surface area (Å²) in [6.07, 6.45) is 1.57. The van der Waals surface area contributed by atoms with Crippen LogP contribution in [0.4, 0.5) is 0 Å². The molecule has 0 bridgehead atoms. The van der Waals surface area contributed by atoms with Crippen LogP contribution in [-0.4, -0.2) is 38.9 Å². The molecule has 24 heavy (non-hydrogen) atoms. The van der Waals surface area contributed by atoms with E-state index in [1.807, 2.05) is 13.8 Å². The Balaban J connectivity index is 2.19. The van der Waals surface area contributed by atoms with E-state index in [0.29, 0.717) is 17.9 Å². The van der Waals surface area contributed by atoms with Crippen molar-refractivity contribution in [1.82, 2.24) is 14.9 Å². The lowest BCUT2D eigenvalue weighted by Gasteiger charge is -2.20. The molecule has 0 fully saturated rings. The fourth-order valence-corrected chi connectivity index (χ4v) is 2.40. The van der Waals surface area contributed by atoms with Crippen LogP contribution in [0.25, 0.3) is 0 Å². The maximum Gasteiger partial charge on any atom is 0.335 e. The summed E-state index contributed by atoms with van der Waals surface area (Å²) >= 11 is 0. The lowest BCUT2D eigenvalue weighted by molar-refractivity contribution is 0.0695. The van der Waals surface area contributed by atoms with Gasteiger partial charge in [0.25, 0.3) is 5.91 Å². The van der Waals surface area contributed by atoms with Crippen LogP contribution in [0.2, 0.25) is 0 Å². The van der Waals surface area contributed by atoms with E-state index in [1.165, 1.54) is 12.1 Å². The molecule has 6 nitrogen and oxygen atoms in total. The van der Waals surface area contributed by atoms with Crippen LogP contribution in [0.3, 0.4) is 0 Å². The van der Waals surface area contributed by atoms with Crippen LogP contribution in [0.1, 0.15) is 57.6 Å². The monoisotopic (exact) mass is 327 g/mol. The second kappa shape index (κ2) is 7.21. The van der Waals surface area contributed by atoms with E-state index in [1.54, 1.807) is 37.2 Å². The van der Waals surface area contributed by atoms with E-state index < -0.39 is 5.97 Å². The zero-order chi connectivity index (χ0) is 17.9. The average molecular weight is 327 g/mol. The van der Waals surface area contributed by atoms with E-state index in [0.717, 1.165) is 11.3 Å². The highest BCUT2D eigenvalue weighted by molar-refractivity contribution is 5.95. The Hall–Kier alpha value is -2.76. The quantitative estimate of drug-likeness (QED) is 0.913. The van der Waals surface area contributed by atoms with E-state index in [2.05, 4.69) is 9.97 Å². The van der Waals surface area contributed by atoms with Crippen molar-refractivity contribution in [2.75, 3.05) is 7.05 Å². The molecule has 2 aromatic rings. The SMILES string of the molecule is Cc1ncc(C(=O)N(C)Cc2ccc(C(=O)O)cc2)c(C(C)C)n1. The van der Waals surface area contributed by atoms with Gasteiger partial charge in [0.05, 0.1) is 16.8 Å². The topological polar surface area (TPSA) is 83.4 Å². The summed E-state index contributed by atoms with van der Waals surface area (Å²) in [4.78, 5) is 33.7. The molecule has 0 aliphatic rings. The van der Waals surface area contributed by atoms with Crippen LogP contribution >= 0.6 is 0 Å². The van der Waals surface area contributed by atoms with E-state index in [-0.39, 0.29) is 17.4 Å². The molecule has 0 aliphatic carbocycles. The predicted octanol–water partition coefficient (Wildman–Crippen LogP) is 2.88. The van der Waals surface area contributed by atoms with Gasteiger partial charge in [0.15, 0.2) is 0 Å². The van der Waals surface area contributed by atoms with Gasteiger partial charge < -0.3 is 10.0 Å². The minimum atomic E-state index is -0.968. The van der Waals surface area contributed by atoms with Crippen LogP contribution in [-0.2, 0) is 6.54 Å². The normalized spacial score (nSPS) is 10.7. The minimum Gasteiger partial charge on any atom is -0.478 e. The molecule has 0 spiro atoms. The van der Waals surface area contributed by atoms with Crippen molar-refractivity contribution in [3.05, 3.63) is 58.7 Å². The number of amides is 1. The van der Waals surface area contributed by atoms with Gasteiger partial charge in [-0.1, -0.05) is 26.0 Å². The summed E-state index contributed by atoms with van der Waals surface area (Å²) in [5.41, 5.74) is 2.32. The molecular weight excluding hydrogens is 306 g/mol. The Morgan fingerprint density at radius 3 is 2.38 bits per heavy atom. The second-order valence-electron chi connectivity index (χ2n) is 6.03. The number of aromatic nitrogens is 2. The highest BCUT2D eigenvalue weighted by Gasteiger charge is 2.20. The smallest absolute Gasteiger partial charge is 0.335 e. The average Bonchev–Trinajstić information content (AvgIpc) is 2.54. The number of carboxylic acid groups (broad SMARTS) is 1. The Morgan fingerprint density at radius 1 is 1.21 bits per heavy atom. The molecule has 1 N–H and O–H groups in total. The maximum atomic E-state index is 12.7. The van der Waals surface area contributed by atoms with Crippen LogP contribution in [0.5, 0.6) is 0 Å². The number of carbonyl (C=O) groups excluding carboxylic acids is 1. The third kappa shape index (κ3) is 3.95. The lowest BCUT2D eigenvalue weighted by Crippen LogP contribution is -2.28. The zero-order valence-electron chi connectivity index (χ0n) is 14.3. The Kier molecular flexibility index (Phi) is 5.28. The second-order valence-corrected chi connectivity index (χ2v) is 6.03. The molecule has 126 valence electrons. The van der Waals surface area contributed by atoms with Gasteiger partial charge in [-0.15, -0.1) is 0 Å². The van der Waals surface area contributed by atoms with Gasteiger partial charge in [-0.25, -0.2) is 14.8 Å². The number of carbonyl (C=O) groups is 2. The van der Waals surface area contributed by atoms with Crippen molar-refractivity contribution < 1.29 is 14.7 Å². The largest absolute Gasteiger partial charge is 0.478 e. The van der Waals surface area contributed by atoms with Crippen molar-refractivity contribution >= 4 is 11.9 Å².